The van der Waals surface area contributed by atoms with Crippen molar-refractivity contribution in [1.82, 2.24) is 0 Å². The number of allylic oxidation sites excluding steroid dienone is 4. The Labute approximate surface area is 207 Å². The Hall–Kier alpha value is -2.11. The van der Waals surface area contributed by atoms with Gasteiger partial charge >= 0.3 is 5.97 Å². The maximum absolute atomic E-state index is 11.8. The van der Waals surface area contributed by atoms with Gasteiger partial charge in [0.15, 0.2) is 0 Å². The molecule has 0 saturated carbocycles. The molecule has 0 aliphatic rings. The van der Waals surface area contributed by atoms with Crippen LogP contribution < -0.4 is 4.74 Å². The van der Waals surface area contributed by atoms with Crippen LogP contribution in [0.1, 0.15) is 89.5 Å². The van der Waals surface area contributed by atoms with Gasteiger partial charge in [-0.2, -0.15) is 0 Å². The van der Waals surface area contributed by atoms with E-state index in [1.54, 1.807) is 7.11 Å². The molecular formula is C29H46O5. The fourth-order valence-electron chi connectivity index (χ4n) is 3.42. The van der Waals surface area contributed by atoms with Gasteiger partial charge in [0.25, 0.3) is 0 Å². The lowest BCUT2D eigenvalue weighted by molar-refractivity contribution is -0.148. The van der Waals surface area contributed by atoms with E-state index in [1.165, 1.54) is 38.5 Å². The van der Waals surface area contributed by atoms with Crippen molar-refractivity contribution >= 4 is 5.97 Å². The molecule has 0 radical (unpaired) electrons. The van der Waals surface area contributed by atoms with Gasteiger partial charge in [-0.1, -0.05) is 75.5 Å². The zero-order valence-corrected chi connectivity index (χ0v) is 21.4. The quantitative estimate of drug-likeness (QED) is 0.119. The van der Waals surface area contributed by atoms with Gasteiger partial charge in [0.1, 0.15) is 18.5 Å². The van der Waals surface area contributed by atoms with Crippen LogP contribution in [0.2, 0.25) is 0 Å². The summed E-state index contributed by atoms with van der Waals surface area (Å²) in [6.07, 6.45) is 21.4. The summed E-state index contributed by atoms with van der Waals surface area (Å²) in [5.41, 5.74) is 0.992. The van der Waals surface area contributed by atoms with Gasteiger partial charge in [-0.15, -0.1) is 0 Å². The molecule has 0 aromatic heterocycles. The van der Waals surface area contributed by atoms with Crippen LogP contribution in [0.4, 0.5) is 0 Å². The van der Waals surface area contributed by atoms with Crippen molar-refractivity contribution in [1.29, 1.82) is 0 Å². The number of rotatable bonds is 21. The van der Waals surface area contributed by atoms with E-state index in [-0.39, 0.29) is 19.2 Å². The second-order valence-corrected chi connectivity index (χ2v) is 8.68. The first-order valence-electron chi connectivity index (χ1n) is 13.0. The standard InChI is InChI=1S/C29H46O5/c1-3-4-5-6-7-8-9-10-11-12-13-14-15-16-17-18-29(31)34-25-27(30)24-33-23-26-19-21-28(32-2)22-20-26/h7-8,10-11,19-22,27,30H,3-6,9,12-18,23-25H2,1-2H3/b8-7-,11-10-/t27-/m0/s1. The highest BCUT2D eigenvalue weighted by atomic mass is 16.5. The lowest BCUT2D eigenvalue weighted by Crippen LogP contribution is -2.23. The summed E-state index contributed by atoms with van der Waals surface area (Å²) >= 11 is 0. The van der Waals surface area contributed by atoms with Crippen molar-refractivity contribution < 1.29 is 24.1 Å². The third-order valence-electron chi connectivity index (χ3n) is 5.51. The van der Waals surface area contributed by atoms with Crippen molar-refractivity contribution in [2.75, 3.05) is 20.3 Å². The normalized spacial score (nSPS) is 12.4. The first-order chi connectivity index (χ1) is 16.7. The highest BCUT2D eigenvalue weighted by Gasteiger charge is 2.09. The SMILES string of the molecule is CCCCC/C=C\C/C=C\CCCCCCCC(=O)OC[C@@H](O)COCc1ccc(OC)cc1. The molecule has 0 aliphatic carbocycles. The van der Waals surface area contributed by atoms with Crippen LogP contribution in [0.3, 0.4) is 0 Å². The lowest BCUT2D eigenvalue weighted by atomic mass is 10.1. The van der Waals surface area contributed by atoms with Crippen LogP contribution in [-0.4, -0.2) is 37.5 Å². The number of aliphatic hydroxyl groups is 1. The van der Waals surface area contributed by atoms with Crippen LogP contribution in [0, 0.1) is 0 Å². The molecule has 0 spiro atoms. The van der Waals surface area contributed by atoms with Crippen LogP contribution in [0.5, 0.6) is 5.75 Å². The maximum Gasteiger partial charge on any atom is 0.305 e. The molecule has 5 heteroatoms. The predicted molar refractivity (Wildman–Crippen MR) is 139 cm³/mol. The van der Waals surface area contributed by atoms with E-state index in [0.29, 0.717) is 13.0 Å². The monoisotopic (exact) mass is 474 g/mol. The van der Waals surface area contributed by atoms with E-state index in [1.807, 2.05) is 24.3 Å². The smallest absolute Gasteiger partial charge is 0.305 e. The number of esters is 1. The molecule has 0 aliphatic heterocycles. The van der Waals surface area contributed by atoms with Gasteiger partial charge in [0.05, 0.1) is 20.3 Å². The van der Waals surface area contributed by atoms with Crippen LogP contribution in [0.15, 0.2) is 48.6 Å². The fraction of sp³-hybridized carbons (Fsp3) is 0.621. The molecule has 1 aromatic rings. The Bertz CT molecular complexity index is 666. The molecular weight excluding hydrogens is 428 g/mol. The molecule has 0 heterocycles. The number of unbranched alkanes of at least 4 members (excludes halogenated alkanes) is 8. The number of carbonyl (C=O) groups is 1. The molecule has 0 fully saturated rings. The Balaban J connectivity index is 1.91. The van der Waals surface area contributed by atoms with Gasteiger partial charge in [-0.25, -0.2) is 0 Å². The third kappa shape index (κ3) is 17.4. The summed E-state index contributed by atoms with van der Waals surface area (Å²) in [5.74, 6) is 0.541. The largest absolute Gasteiger partial charge is 0.497 e. The van der Waals surface area contributed by atoms with Gasteiger partial charge in [0.2, 0.25) is 0 Å². The zero-order chi connectivity index (χ0) is 24.7. The van der Waals surface area contributed by atoms with E-state index >= 15 is 0 Å². The number of ether oxygens (including phenoxy) is 3. The molecule has 5 nitrogen and oxygen atoms in total. The van der Waals surface area contributed by atoms with Crippen molar-refractivity contribution in [3.05, 3.63) is 54.1 Å². The van der Waals surface area contributed by atoms with Gasteiger partial charge < -0.3 is 19.3 Å². The predicted octanol–water partition coefficient (Wildman–Crippen LogP) is 6.93. The number of carbonyl (C=O) groups excluding carboxylic acids is 1. The highest BCUT2D eigenvalue weighted by molar-refractivity contribution is 5.69. The molecule has 192 valence electrons. The molecule has 34 heavy (non-hydrogen) atoms. The second-order valence-electron chi connectivity index (χ2n) is 8.68. The minimum absolute atomic E-state index is 0.0261. The average molecular weight is 475 g/mol. The zero-order valence-electron chi connectivity index (χ0n) is 21.4. The summed E-state index contributed by atoms with van der Waals surface area (Å²) in [6.45, 7) is 2.73. The number of benzene rings is 1. The summed E-state index contributed by atoms with van der Waals surface area (Å²) in [6, 6.07) is 7.56. The molecule has 0 amide bonds. The Morgan fingerprint density at radius 1 is 0.882 bits per heavy atom. The molecule has 0 bridgehead atoms. The summed E-state index contributed by atoms with van der Waals surface area (Å²) < 4.78 is 15.8. The van der Waals surface area contributed by atoms with Crippen molar-refractivity contribution in [3.63, 3.8) is 0 Å². The van der Waals surface area contributed by atoms with Crippen LogP contribution >= 0.6 is 0 Å². The molecule has 1 rings (SSSR count). The molecule has 1 aromatic carbocycles. The van der Waals surface area contributed by atoms with Gasteiger partial charge in [0, 0.05) is 6.42 Å². The molecule has 0 unspecified atom stereocenters. The number of methoxy groups -OCH3 is 1. The number of hydrogen-bond acceptors (Lipinski definition) is 5. The van der Waals surface area contributed by atoms with E-state index < -0.39 is 6.10 Å². The Morgan fingerprint density at radius 3 is 2.21 bits per heavy atom. The Morgan fingerprint density at radius 2 is 1.53 bits per heavy atom. The minimum atomic E-state index is -0.813. The summed E-state index contributed by atoms with van der Waals surface area (Å²) in [4.78, 5) is 11.8. The first kappa shape index (κ1) is 29.9. The summed E-state index contributed by atoms with van der Waals surface area (Å²) in [7, 11) is 1.62. The van der Waals surface area contributed by atoms with Crippen molar-refractivity contribution in [2.45, 2.75) is 96.7 Å². The first-order valence-corrected chi connectivity index (χ1v) is 13.0. The average Bonchev–Trinajstić information content (AvgIpc) is 2.85. The van der Waals surface area contributed by atoms with Gasteiger partial charge in [-0.3, -0.25) is 4.79 Å². The van der Waals surface area contributed by atoms with E-state index in [9.17, 15) is 9.90 Å². The van der Waals surface area contributed by atoms with E-state index in [0.717, 1.165) is 43.4 Å². The summed E-state index contributed by atoms with van der Waals surface area (Å²) in [5, 5.41) is 9.93. The van der Waals surface area contributed by atoms with E-state index in [2.05, 4.69) is 31.2 Å². The molecule has 1 N–H and O–H groups in total. The highest BCUT2D eigenvalue weighted by Crippen LogP contribution is 2.12. The third-order valence-corrected chi connectivity index (χ3v) is 5.51. The number of hydrogen-bond donors (Lipinski definition) is 1. The topological polar surface area (TPSA) is 65.0 Å². The van der Waals surface area contributed by atoms with Crippen molar-refractivity contribution in [3.8, 4) is 5.75 Å². The maximum atomic E-state index is 11.8. The van der Waals surface area contributed by atoms with E-state index in [4.69, 9.17) is 14.2 Å². The second kappa shape index (κ2) is 21.4. The fourth-order valence-corrected chi connectivity index (χ4v) is 3.42. The lowest BCUT2D eigenvalue weighted by Gasteiger charge is -2.12. The molecule has 1 atom stereocenters. The van der Waals surface area contributed by atoms with Crippen LogP contribution in [0.25, 0.3) is 0 Å². The van der Waals surface area contributed by atoms with Gasteiger partial charge in [-0.05, 0) is 56.2 Å². The van der Waals surface area contributed by atoms with Crippen LogP contribution in [-0.2, 0) is 20.9 Å². The Kier molecular flexibility index (Phi) is 18.9. The van der Waals surface area contributed by atoms with Crippen molar-refractivity contribution in [2.24, 2.45) is 0 Å². The number of aliphatic hydroxyl groups excluding tert-OH is 1. The molecule has 0 saturated heterocycles. The minimum Gasteiger partial charge on any atom is -0.497 e.